The number of aryl methyl sites for hydroxylation is 1. The lowest BCUT2D eigenvalue weighted by Gasteiger charge is -2.05. The van der Waals surface area contributed by atoms with Crippen molar-refractivity contribution in [2.45, 2.75) is 11.6 Å². The Morgan fingerprint density at radius 2 is 2.23 bits per heavy atom. The molecule has 112 valence electrons. The number of aromatic nitrogens is 5. The number of fused-ring (bicyclic) bond motifs is 1. The first-order chi connectivity index (χ1) is 10.7. The minimum absolute atomic E-state index is 0.0558. The highest BCUT2D eigenvalue weighted by molar-refractivity contribution is 7.99. The fourth-order valence-corrected chi connectivity index (χ4v) is 2.73. The average Bonchev–Trinajstić information content (AvgIpc) is 2.92. The number of hydrogen-bond donors (Lipinski definition) is 1. The van der Waals surface area contributed by atoms with Crippen molar-refractivity contribution in [1.29, 1.82) is 0 Å². The number of anilines is 1. The van der Waals surface area contributed by atoms with E-state index in [4.69, 9.17) is 0 Å². The lowest BCUT2D eigenvalue weighted by molar-refractivity contribution is -0.115. The summed E-state index contributed by atoms with van der Waals surface area (Å²) in [5.41, 5.74) is 1.61. The van der Waals surface area contributed by atoms with Gasteiger partial charge in [-0.25, -0.2) is 4.68 Å². The van der Waals surface area contributed by atoms with Gasteiger partial charge in [0.1, 0.15) is 0 Å². The van der Waals surface area contributed by atoms with Crippen molar-refractivity contribution in [3.05, 3.63) is 36.5 Å². The topological polar surface area (TPSA) is 85.6 Å². The van der Waals surface area contributed by atoms with Crippen LogP contribution >= 0.6 is 11.8 Å². The lowest BCUT2D eigenvalue weighted by atomic mass is 10.2. The highest BCUT2D eigenvalue weighted by Crippen LogP contribution is 2.17. The number of nitrogens with zero attached hydrogens (tertiary/aromatic N) is 5. The number of rotatable bonds is 5. The van der Waals surface area contributed by atoms with Crippen LogP contribution in [0.4, 0.5) is 5.69 Å². The van der Waals surface area contributed by atoms with Crippen LogP contribution < -0.4 is 5.32 Å². The van der Waals surface area contributed by atoms with Crippen LogP contribution in [0.3, 0.4) is 0 Å². The first-order valence-corrected chi connectivity index (χ1v) is 7.71. The summed E-state index contributed by atoms with van der Waals surface area (Å²) in [5, 5.41) is 15.7. The van der Waals surface area contributed by atoms with Gasteiger partial charge in [-0.05, 0) is 22.6 Å². The fraction of sp³-hybridized carbons (Fsp3) is 0.214. The lowest BCUT2D eigenvalue weighted by Crippen LogP contribution is -2.12. The Morgan fingerprint density at radius 1 is 1.36 bits per heavy atom. The van der Waals surface area contributed by atoms with E-state index in [9.17, 15) is 4.79 Å². The highest BCUT2D eigenvalue weighted by Gasteiger charge is 2.07. The van der Waals surface area contributed by atoms with E-state index in [1.165, 1.54) is 11.8 Å². The molecule has 0 saturated carbocycles. The van der Waals surface area contributed by atoms with Crippen molar-refractivity contribution in [2.24, 2.45) is 7.05 Å². The summed E-state index contributed by atoms with van der Waals surface area (Å²) in [4.78, 5) is 16.3. The largest absolute Gasteiger partial charge is 0.325 e. The molecule has 3 aromatic rings. The molecule has 2 heterocycles. The van der Waals surface area contributed by atoms with E-state index < -0.39 is 0 Å². The first-order valence-electron chi connectivity index (χ1n) is 6.72. The summed E-state index contributed by atoms with van der Waals surface area (Å²) in [5.74, 6) is 0.556. The predicted molar refractivity (Wildman–Crippen MR) is 84.5 cm³/mol. The molecule has 7 nitrogen and oxygen atoms in total. The monoisotopic (exact) mass is 314 g/mol. The molecule has 0 radical (unpaired) electrons. The maximum atomic E-state index is 12.0. The third kappa shape index (κ3) is 3.40. The molecule has 2 aromatic heterocycles. The molecule has 1 aromatic carbocycles. The Kier molecular flexibility index (Phi) is 4.29. The van der Waals surface area contributed by atoms with Gasteiger partial charge in [0.05, 0.1) is 17.4 Å². The molecule has 0 spiro atoms. The van der Waals surface area contributed by atoms with E-state index >= 15 is 0 Å². The minimum Gasteiger partial charge on any atom is -0.325 e. The molecule has 0 saturated heterocycles. The molecule has 0 aliphatic carbocycles. The molecule has 0 aliphatic rings. The number of carbonyl (C=O) groups is 1. The summed E-state index contributed by atoms with van der Waals surface area (Å²) in [7, 11) is 1.77. The molecule has 8 heteroatoms. The van der Waals surface area contributed by atoms with E-state index in [-0.39, 0.29) is 5.91 Å². The van der Waals surface area contributed by atoms with Crippen LogP contribution in [-0.2, 0) is 11.8 Å². The third-order valence-electron chi connectivity index (χ3n) is 3.02. The highest BCUT2D eigenvalue weighted by atomic mass is 32.2. The second-order valence-corrected chi connectivity index (χ2v) is 5.71. The molecule has 0 atom stereocenters. The van der Waals surface area contributed by atoms with Gasteiger partial charge in [0, 0.05) is 24.6 Å². The molecule has 1 amide bonds. The van der Waals surface area contributed by atoms with Crippen LogP contribution in [-0.4, -0.2) is 36.9 Å². The van der Waals surface area contributed by atoms with Gasteiger partial charge in [-0.3, -0.25) is 9.78 Å². The van der Waals surface area contributed by atoms with Gasteiger partial charge in [-0.15, -0.1) is 5.10 Å². The normalized spacial score (nSPS) is 10.8. The van der Waals surface area contributed by atoms with E-state index in [1.807, 2.05) is 30.3 Å². The molecule has 1 N–H and O–H groups in total. The van der Waals surface area contributed by atoms with Gasteiger partial charge in [0.2, 0.25) is 11.1 Å². The molecular formula is C14H14N6OS. The number of tetrazole rings is 1. The molecule has 3 rings (SSSR count). The van der Waals surface area contributed by atoms with E-state index in [1.54, 1.807) is 17.9 Å². The van der Waals surface area contributed by atoms with Crippen molar-refractivity contribution >= 4 is 34.3 Å². The van der Waals surface area contributed by atoms with Crippen LogP contribution in [0.15, 0.2) is 41.7 Å². The van der Waals surface area contributed by atoms with E-state index in [0.29, 0.717) is 23.0 Å². The second kappa shape index (κ2) is 6.52. The molecule has 0 fully saturated rings. The Balaban J connectivity index is 1.55. The SMILES string of the molecule is Cn1nnnc1SCCC(=O)Nc1cnc2ccccc2c1. The van der Waals surface area contributed by atoms with Gasteiger partial charge in [-0.1, -0.05) is 30.0 Å². The number of benzene rings is 1. The number of thioether (sulfide) groups is 1. The number of para-hydroxylation sites is 1. The predicted octanol–water partition coefficient (Wildman–Crippen LogP) is 1.88. The molecular weight excluding hydrogens is 300 g/mol. The maximum absolute atomic E-state index is 12.0. The summed E-state index contributed by atoms with van der Waals surface area (Å²) >= 11 is 1.45. The second-order valence-electron chi connectivity index (χ2n) is 4.65. The zero-order valence-corrected chi connectivity index (χ0v) is 12.7. The summed E-state index contributed by atoms with van der Waals surface area (Å²) in [6.07, 6.45) is 2.05. The van der Waals surface area contributed by atoms with Gasteiger partial charge in [0.25, 0.3) is 0 Å². The number of pyridine rings is 1. The van der Waals surface area contributed by atoms with Crippen molar-refractivity contribution in [3.63, 3.8) is 0 Å². The van der Waals surface area contributed by atoms with Crippen LogP contribution in [0.5, 0.6) is 0 Å². The summed E-state index contributed by atoms with van der Waals surface area (Å²) in [6.45, 7) is 0. The van der Waals surface area contributed by atoms with E-state index in [0.717, 1.165) is 10.9 Å². The Morgan fingerprint density at radius 3 is 3.05 bits per heavy atom. The van der Waals surface area contributed by atoms with E-state index in [2.05, 4.69) is 25.8 Å². The Hall–Kier alpha value is -2.48. The summed E-state index contributed by atoms with van der Waals surface area (Å²) in [6, 6.07) is 9.70. The summed E-state index contributed by atoms with van der Waals surface area (Å²) < 4.78 is 1.58. The van der Waals surface area contributed by atoms with Gasteiger partial charge in [-0.2, -0.15) is 0 Å². The maximum Gasteiger partial charge on any atom is 0.225 e. The van der Waals surface area contributed by atoms with Gasteiger partial charge in [0.15, 0.2) is 0 Å². The zero-order chi connectivity index (χ0) is 15.4. The van der Waals surface area contributed by atoms with Crippen LogP contribution in [0.2, 0.25) is 0 Å². The third-order valence-corrected chi connectivity index (χ3v) is 4.03. The van der Waals surface area contributed by atoms with Crippen LogP contribution in [0.25, 0.3) is 10.9 Å². The van der Waals surface area contributed by atoms with Crippen molar-refractivity contribution < 1.29 is 4.79 Å². The molecule has 22 heavy (non-hydrogen) atoms. The molecule has 0 bridgehead atoms. The standard InChI is InChI=1S/C14H14N6OS/c1-20-14(17-18-19-20)22-7-6-13(21)16-11-8-10-4-2-3-5-12(10)15-9-11/h2-5,8-9H,6-7H2,1H3,(H,16,21). The number of nitrogens with one attached hydrogen (secondary N) is 1. The smallest absolute Gasteiger partial charge is 0.225 e. The minimum atomic E-state index is -0.0558. The van der Waals surface area contributed by atoms with Gasteiger partial charge < -0.3 is 5.32 Å². The number of hydrogen-bond acceptors (Lipinski definition) is 6. The average molecular weight is 314 g/mol. The Labute approximate surface area is 131 Å². The van der Waals surface area contributed by atoms with Crippen molar-refractivity contribution in [2.75, 3.05) is 11.1 Å². The number of amides is 1. The van der Waals surface area contributed by atoms with Crippen molar-refractivity contribution in [1.82, 2.24) is 25.2 Å². The first kappa shape index (κ1) is 14.5. The van der Waals surface area contributed by atoms with Gasteiger partial charge >= 0.3 is 0 Å². The fourth-order valence-electron chi connectivity index (χ4n) is 1.94. The molecule has 0 unspecified atom stereocenters. The van der Waals surface area contributed by atoms with Crippen molar-refractivity contribution in [3.8, 4) is 0 Å². The van der Waals surface area contributed by atoms with Crippen LogP contribution in [0.1, 0.15) is 6.42 Å². The quantitative estimate of drug-likeness (QED) is 0.724. The Bertz CT molecular complexity index is 803. The van der Waals surface area contributed by atoms with Crippen LogP contribution in [0, 0.1) is 0 Å². The zero-order valence-electron chi connectivity index (χ0n) is 11.9. The molecule has 0 aliphatic heterocycles. The number of carbonyl (C=O) groups excluding carboxylic acids is 1.